The van der Waals surface area contributed by atoms with Crippen LogP contribution in [-0.4, -0.2) is 49.7 Å². The van der Waals surface area contributed by atoms with E-state index in [0.717, 1.165) is 43.9 Å². The summed E-state index contributed by atoms with van der Waals surface area (Å²) in [6.07, 6.45) is 1.08. The molecule has 0 aromatic heterocycles. The van der Waals surface area contributed by atoms with Gasteiger partial charge in [-0.3, -0.25) is 9.69 Å². The Bertz CT molecular complexity index is 707. The molecule has 0 aliphatic carbocycles. The summed E-state index contributed by atoms with van der Waals surface area (Å²) in [6, 6.07) is 18.4. The fourth-order valence-corrected chi connectivity index (χ4v) is 3.61. The number of carbonyl (C=O) groups is 1. The molecule has 3 rings (SSSR count). The van der Waals surface area contributed by atoms with Crippen LogP contribution in [-0.2, 0) is 4.74 Å². The van der Waals surface area contributed by atoms with Crippen molar-refractivity contribution in [3.8, 4) is 11.1 Å². The lowest BCUT2D eigenvalue weighted by atomic mass is 10.0. The summed E-state index contributed by atoms with van der Waals surface area (Å²) in [4.78, 5) is 15.1. The lowest BCUT2D eigenvalue weighted by Gasteiger charge is -2.35. The summed E-state index contributed by atoms with van der Waals surface area (Å²) >= 11 is 0. The van der Waals surface area contributed by atoms with Gasteiger partial charge in [-0.25, -0.2) is 0 Å². The fraction of sp³-hybridized carbons (Fsp3) is 0.435. The van der Waals surface area contributed by atoms with Crippen LogP contribution in [0.5, 0.6) is 0 Å². The van der Waals surface area contributed by atoms with E-state index < -0.39 is 0 Å². The number of benzene rings is 2. The van der Waals surface area contributed by atoms with Crippen molar-refractivity contribution in [1.29, 1.82) is 0 Å². The highest BCUT2D eigenvalue weighted by Gasteiger charge is 2.22. The zero-order valence-electron chi connectivity index (χ0n) is 16.4. The van der Waals surface area contributed by atoms with Gasteiger partial charge in [0.2, 0.25) is 0 Å². The van der Waals surface area contributed by atoms with E-state index in [1.807, 2.05) is 42.5 Å². The molecule has 0 bridgehead atoms. The van der Waals surface area contributed by atoms with Crippen LogP contribution in [0.3, 0.4) is 0 Å². The second-order valence-electron chi connectivity index (χ2n) is 7.59. The van der Waals surface area contributed by atoms with Gasteiger partial charge in [0.05, 0.1) is 13.2 Å². The molecule has 1 amide bonds. The Labute approximate surface area is 162 Å². The van der Waals surface area contributed by atoms with Crippen LogP contribution in [0, 0.1) is 5.92 Å². The van der Waals surface area contributed by atoms with Gasteiger partial charge in [-0.2, -0.15) is 0 Å². The third kappa shape index (κ3) is 5.65. The van der Waals surface area contributed by atoms with Crippen molar-refractivity contribution in [1.82, 2.24) is 10.2 Å². The number of hydrogen-bond acceptors (Lipinski definition) is 3. The van der Waals surface area contributed by atoms with E-state index in [-0.39, 0.29) is 5.91 Å². The standard InChI is InChI=1S/C23H30N2O2/c1-18(2)16-22(25-12-14-27-15-13-25)17-24-23(26)21-10-8-20(9-11-21)19-6-4-3-5-7-19/h3-11,18,22H,12-17H2,1-2H3,(H,24,26)/t22-/m1/s1. The van der Waals surface area contributed by atoms with E-state index in [1.54, 1.807) is 0 Å². The molecule has 1 aliphatic rings. The molecule has 27 heavy (non-hydrogen) atoms. The minimum absolute atomic E-state index is 0.00312. The van der Waals surface area contributed by atoms with Crippen molar-refractivity contribution >= 4 is 5.91 Å². The SMILES string of the molecule is CC(C)C[C@H](CNC(=O)c1ccc(-c2ccccc2)cc1)N1CCOCC1. The molecule has 144 valence electrons. The van der Waals surface area contributed by atoms with Crippen molar-refractivity contribution in [2.45, 2.75) is 26.3 Å². The van der Waals surface area contributed by atoms with Gasteiger partial charge in [-0.15, -0.1) is 0 Å². The highest BCUT2D eigenvalue weighted by Crippen LogP contribution is 2.19. The Morgan fingerprint density at radius 2 is 1.63 bits per heavy atom. The van der Waals surface area contributed by atoms with Gasteiger partial charge in [0, 0.05) is 31.2 Å². The van der Waals surface area contributed by atoms with Gasteiger partial charge >= 0.3 is 0 Å². The predicted octanol–water partition coefficient (Wildman–Crippen LogP) is 3.83. The van der Waals surface area contributed by atoms with Crippen LogP contribution in [0.1, 0.15) is 30.6 Å². The summed E-state index contributed by atoms with van der Waals surface area (Å²) in [5, 5.41) is 3.14. The van der Waals surface area contributed by atoms with Crippen LogP contribution in [0.2, 0.25) is 0 Å². The zero-order chi connectivity index (χ0) is 19.1. The van der Waals surface area contributed by atoms with Gasteiger partial charge in [-0.05, 0) is 35.6 Å². The number of nitrogens with zero attached hydrogens (tertiary/aromatic N) is 1. The Morgan fingerprint density at radius 1 is 1.00 bits per heavy atom. The first-order chi connectivity index (χ1) is 13.1. The van der Waals surface area contributed by atoms with Crippen LogP contribution in [0.25, 0.3) is 11.1 Å². The smallest absolute Gasteiger partial charge is 0.251 e. The maximum atomic E-state index is 12.6. The van der Waals surface area contributed by atoms with E-state index in [0.29, 0.717) is 24.1 Å². The molecule has 1 heterocycles. The molecule has 2 aromatic carbocycles. The number of nitrogens with one attached hydrogen (secondary N) is 1. The van der Waals surface area contributed by atoms with Gasteiger partial charge in [0.1, 0.15) is 0 Å². The monoisotopic (exact) mass is 366 g/mol. The quantitative estimate of drug-likeness (QED) is 0.810. The lowest BCUT2D eigenvalue weighted by molar-refractivity contribution is 0.0124. The number of carbonyl (C=O) groups excluding carboxylic acids is 1. The molecule has 0 spiro atoms. The van der Waals surface area contributed by atoms with Crippen LogP contribution >= 0.6 is 0 Å². The number of amides is 1. The van der Waals surface area contributed by atoms with Crippen LogP contribution in [0.4, 0.5) is 0 Å². The highest BCUT2D eigenvalue weighted by atomic mass is 16.5. The van der Waals surface area contributed by atoms with E-state index in [1.165, 1.54) is 0 Å². The van der Waals surface area contributed by atoms with Crippen molar-refractivity contribution in [3.63, 3.8) is 0 Å². The molecule has 0 unspecified atom stereocenters. The Hall–Kier alpha value is -2.17. The molecular weight excluding hydrogens is 336 g/mol. The first-order valence-electron chi connectivity index (χ1n) is 9.89. The summed E-state index contributed by atoms with van der Waals surface area (Å²) in [5.41, 5.74) is 2.99. The van der Waals surface area contributed by atoms with Crippen molar-refractivity contribution in [2.24, 2.45) is 5.92 Å². The van der Waals surface area contributed by atoms with Crippen LogP contribution < -0.4 is 5.32 Å². The predicted molar refractivity (Wildman–Crippen MR) is 110 cm³/mol. The number of morpholine rings is 1. The minimum atomic E-state index is -0.00312. The molecule has 0 radical (unpaired) electrons. The van der Waals surface area contributed by atoms with Gasteiger partial charge in [0.15, 0.2) is 0 Å². The minimum Gasteiger partial charge on any atom is -0.379 e. The molecule has 1 fully saturated rings. The highest BCUT2D eigenvalue weighted by molar-refractivity contribution is 5.94. The second kappa shape index (κ2) is 9.67. The molecule has 4 nitrogen and oxygen atoms in total. The van der Waals surface area contributed by atoms with Crippen LogP contribution in [0.15, 0.2) is 54.6 Å². The van der Waals surface area contributed by atoms with Gasteiger partial charge in [-0.1, -0.05) is 56.3 Å². The molecule has 1 atom stereocenters. The van der Waals surface area contributed by atoms with E-state index in [4.69, 9.17) is 4.74 Å². The Morgan fingerprint density at radius 3 is 2.26 bits per heavy atom. The normalized spacial score (nSPS) is 16.3. The molecule has 1 aliphatic heterocycles. The maximum absolute atomic E-state index is 12.6. The average molecular weight is 367 g/mol. The molecule has 2 aromatic rings. The van der Waals surface area contributed by atoms with Crippen molar-refractivity contribution in [2.75, 3.05) is 32.8 Å². The van der Waals surface area contributed by atoms with E-state index in [2.05, 4.69) is 36.2 Å². The first kappa shape index (κ1) is 19.6. The number of hydrogen-bond donors (Lipinski definition) is 1. The third-order valence-electron chi connectivity index (χ3n) is 5.06. The number of ether oxygens (including phenoxy) is 1. The third-order valence-corrected chi connectivity index (χ3v) is 5.06. The summed E-state index contributed by atoms with van der Waals surface area (Å²) in [7, 11) is 0. The van der Waals surface area contributed by atoms with Crippen molar-refractivity contribution in [3.05, 3.63) is 60.2 Å². The topological polar surface area (TPSA) is 41.6 Å². The average Bonchev–Trinajstić information content (AvgIpc) is 2.72. The molecule has 0 saturated carbocycles. The van der Waals surface area contributed by atoms with Gasteiger partial charge in [0.25, 0.3) is 5.91 Å². The molecule has 1 saturated heterocycles. The largest absolute Gasteiger partial charge is 0.379 e. The summed E-state index contributed by atoms with van der Waals surface area (Å²) in [6.45, 7) is 8.59. The Balaban J connectivity index is 1.59. The van der Waals surface area contributed by atoms with E-state index in [9.17, 15) is 4.79 Å². The van der Waals surface area contributed by atoms with Gasteiger partial charge < -0.3 is 10.1 Å². The van der Waals surface area contributed by atoms with Crippen molar-refractivity contribution < 1.29 is 9.53 Å². The molecular formula is C23H30N2O2. The lowest BCUT2D eigenvalue weighted by Crippen LogP contribution is -2.49. The Kier molecular flexibility index (Phi) is 7.02. The fourth-order valence-electron chi connectivity index (χ4n) is 3.61. The molecule has 4 heteroatoms. The maximum Gasteiger partial charge on any atom is 0.251 e. The first-order valence-corrected chi connectivity index (χ1v) is 9.89. The zero-order valence-corrected chi connectivity index (χ0v) is 16.4. The van der Waals surface area contributed by atoms with E-state index >= 15 is 0 Å². The summed E-state index contributed by atoms with van der Waals surface area (Å²) in [5.74, 6) is 0.594. The summed E-state index contributed by atoms with van der Waals surface area (Å²) < 4.78 is 5.47. The second-order valence-corrected chi connectivity index (χ2v) is 7.59. The number of rotatable bonds is 7. The molecule has 1 N–H and O–H groups in total.